The number of benzene rings is 1. The molecule has 1 rings (SSSR count). The molecule has 0 saturated carbocycles. The average Bonchev–Trinajstić information content (AvgIpc) is 2.27. The van der Waals surface area contributed by atoms with Gasteiger partial charge in [-0.05, 0) is 5.56 Å². The second-order valence-electron chi connectivity index (χ2n) is 5.46. The van der Waals surface area contributed by atoms with Crippen LogP contribution in [0.15, 0.2) is 30.3 Å². The molecule has 0 saturated heterocycles. The third-order valence-electron chi connectivity index (χ3n) is 2.61. The van der Waals surface area contributed by atoms with Crippen molar-refractivity contribution >= 4 is 16.6 Å². The number of rotatable bonds is 5. The first kappa shape index (κ1) is 15.1. The van der Waals surface area contributed by atoms with Gasteiger partial charge in [-0.3, -0.25) is 9.00 Å². The molecule has 0 bridgehead atoms. The van der Waals surface area contributed by atoms with E-state index in [9.17, 15) is 9.00 Å². The summed E-state index contributed by atoms with van der Waals surface area (Å²) in [5.41, 5.74) is 6.35. The Labute approximate surface area is 111 Å². The molecule has 0 aliphatic carbocycles. The highest BCUT2D eigenvalue weighted by Gasteiger charge is 2.28. The zero-order valence-electron chi connectivity index (χ0n) is 11.2. The fourth-order valence-electron chi connectivity index (χ4n) is 1.65. The first-order chi connectivity index (χ1) is 8.30. The summed E-state index contributed by atoms with van der Waals surface area (Å²) in [6.07, 6.45) is 0. The van der Waals surface area contributed by atoms with Crippen LogP contribution in [-0.4, -0.2) is 21.8 Å². The highest BCUT2D eigenvalue weighted by molar-refractivity contribution is 7.84. The Morgan fingerprint density at radius 2 is 1.83 bits per heavy atom. The third kappa shape index (κ3) is 4.70. The van der Waals surface area contributed by atoms with Gasteiger partial charge >= 0.3 is 0 Å². The summed E-state index contributed by atoms with van der Waals surface area (Å²) >= 11 is 0. The van der Waals surface area contributed by atoms with Gasteiger partial charge < -0.3 is 5.73 Å². The highest BCUT2D eigenvalue weighted by Crippen LogP contribution is 2.16. The van der Waals surface area contributed by atoms with Gasteiger partial charge in [0.1, 0.15) is 0 Å². The fraction of sp³-hybridized carbons (Fsp3) is 0.500. The van der Waals surface area contributed by atoms with E-state index in [2.05, 4.69) is 0 Å². The van der Waals surface area contributed by atoms with Gasteiger partial charge in [0, 0.05) is 27.7 Å². The monoisotopic (exact) mass is 267 g/mol. The lowest BCUT2D eigenvalue weighted by Crippen LogP contribution is -2.42. The van der Waals surface area contributed by atoms with E-state index in [0.29, 0.717) is 5.75 Å². The molecular weight excluding hydrogens is 246 g/mol. The molecule has 0 aromatic heterocycles. The standard InChI is InChI=1S/C14H21NO2S/c1-14(2,3)13(16)12(15)10-18(17)9-11-7-5-4-6-8-11/h4-8,12H,9-10,15H2,1-3H3. The third-order valence-corrected chi connectivity index (χ3v) is 4.00. The number of carbonyl (C=O) groups excluding carboxylic acids is 1. The van der Waals surface area contributed by atoms with Crippen LogP contribution in [0, 0.1) is 5.41 Å². The van der Waals surface area contributed by atoms with Gasteiger partial charge in [-0.25, -0.2) is 0 Å². The molecule has 2 N–H and O–H groups in total. The predicted octanol–water partition coefficient (Wildman–Crippen LogP) is 1.88. The van der Waals surface area contributed by atoms with Crippen LogP contribution in [-0.2, 0) is 21.3 Å². The molecule has 0 amide bonds. The maximum atomic E-state index is 11.9. The van der Waals surface area contributed by atoms with Crippen LogP contribution >= 0.6 is 0 Å². The molecule has 100 valence electrons. The smallest absolute Gasteiger partial charge is 0.155 e. The summed E-state index contributed by atoms with van der Waals surface area (Å²) in [6, 6.07) is 8.94. The highest BCUT2D eigenvalue weighted by atomic mass is 32.2. The minimum absolute atomic E-state index is 0.0380. The molecule has 0 radical (unpaired) electrons. The molecule has 3 nitrogen and oxygen atoms in total. The molecule has 0 aliphatic heterocycles. The largest absolute Gasteiger partial charge is 0.321 e. The lowest BCUT2D eigenvalue weighted by molar-refractivity contribution is -0.127. The molecular formula is C14H21NO2S. The zero-order valence-corrected chi connectivity index (χ0v) is 12.0. The predicted molar refractivity (Wildman–Crippen MR) is 75.6 cm³/mol. The Balaban J connectivity index is 2.53. The first-order valence-electron chi connectivity index (χ1n) is 5.99. The maximum Gasteiger partial charge on any atom is 0.155 e. The van der Waals surface area contributed by atoms with E-state index >= 15 is 0 Å². The lowest BCUT2D eigenvalue weighted by atomic mass is 9.87. The van der Waals surface area contributed by atoms with Crippen molar-refractivity contribution in [1.82, 2.24) is 0 Å². The van der Waals surface area contributed by atoms with Crippen LogP contribution in [0.25, 0.3) is 0 Å². The van der Waals surface area contributed by atoms with Crippen LogP contribution in [0.2, 0.25) is 0 Å². The number of ketones is 1. The summed E-state index contributed by atoms with van der Waals surface area (Å²) < 4.78 is 11.9. The van der Waals surface area contributed by atoms with Crippen molar-refractivity contribution in [3.63, 3.8) is 0 Å². The number of nitrogens with two attached hydrogens (primary N) is 1. The Kier molecular flexibility index (Phi) is 5.23. The van der Waals surface area contributed by atoms with Crippen LogP contribution in [0.4, 0.5) is 0 Å². The second kappa shape index (κ2) is 6.25. The van der Waals surface area contributed by atoms with Crippen LogP contribution in [0.5, 0.6) is 0 Å². The van der Waals surface area contributed by atoms with E-state index in [0.717, 1.165) is 5.56 Å². The number of carbonyl (C=O) groups is 1. The van der Waals surface area contributed by atoms with Gasteiger partial charge in [-0.2, -0.15) is 0 Å². The van der Waals surface area contributed by atoms with Gasteiger partial charge in [-0.15, -0.1) is 0 Å². The van der Waals surface area contributed by atoms with E-state index < -0.39 is 22.3 Å². The van der Waals surface area contributed by atoms with Gasteiger partial charge in [0.2, 0.25) is 0 Å². The number of hydrogen-bond donors (Lipinski definition) is 1. The number of hydrogen-bond acceptors (Lipinski definition) is 3. The minimum atomic E-state index is -1.10. The summed E-state index contributed by atoms with van der Waals surface area (Å²) in [7, 11) is -1.10. The van der Waals surface area contributed by atoms with Gasteiger partial charge in [-0.1, -0.05) is 51.1 Å². The van der Waals surface area contributed by atoms with Crippen molar-refractivity contribution in [2.75, 3.05) is 5.75 Å². The molecule has 1 aromatic carbocycles. The Hall–Kier alpha value is -1.00. The summed E-state index contributed by atoms with van der Waals surface area (Å²) in [6.45, 7) is 5.49. The Morgan fingerprint density at radius 1 is 1.28 bits per heavy atom. The van der Waals surface area contributed by atoms with E-state index in [1.165, 1.54) is 0 Å². The van der Waals surface area contributed by atoms with Crippen molar-refractivity contribution in [3.8, 4) is 0 Å². The molecule has 18 heavy (non-hydrogen) atoms. The molecule has 0 spiro atoms. The fourth-order valence-corrected chi connectivity index (χ4v) is 2.89. The number of Topliss-reactive ketones (excluding diaryl/α,β-unsaturated/α-hetero) is 1. The molecule has 0 heterocycles. The van der Waals surface area contributed by atoms with Crippen LogP contribution in [0.3, 0.4) is 0 Å². The van der Waals surface area contributed by atoms with Crippen molar-refractivity contribution in [3.05, 3.63) is 35.9 Å². The van der Waals surface area contributed by atoms with Crippen molar-refractivity contribution in [2.45, 2.75) is 32.6 Å². The molecule has 0 fully saturated rings. The summed E-state index contributed by atoms with van der Waals surface area (Å²) in [5, 5.41) is 0. The van der Waals surface area contributed by atoms with Crippen LogP contribution < -0.4 is 5.73 Å². The van der Waals surface area contributed by atoms with Crippen molar-refractivity contribution in [1.29, 1.82) is 0 Å². The molecule has 4 heteroatoms. The molecule has 0 aliphatic rings. The minimum Gasteiger partial charge on any atom is -0.321 e. The van der Waals surface area contributed by atoms with E-state index in [1.807, 2.05) is 51.1 Å². The quantitative estimate of drug-likeness (QED) is 0.886. The van der Waals surface area contributed by atoms with Crippen LogP contribution in [0.1, 0.15) is 26.3 Å². The van der Waals surface area contributed by atoms with E-state index in [-0.39, 0.29) is 11.5 Å². The zero-order chi connectivity index (χ0) is 13.8. The van der Waals surface area contributed by atoms with Gasteiger partial charge in [0.25, 0.3) is 0 Å². The first-order valence-corrected chi connectivity index (χ1v) is 7.48. The SMILES string of the molecule is CC(C)(C)C(=O)C(N)CS(=O)Cc1ccccc1. The lowest BCUT2D eigenvalue weighted by Gasteiger charge is -2.21. The topological polar surface area (TPSA) is 60.2 Å². The molecule has 2 unspecified atom stereocenters. The summed E-state index contributed by atoms with van der Waals surface area (Å²) in [4.78, 5) is 11.9. The van der Waals surface area contributed by atoms with Crippen molar-refractivity contribution in [2.24, 2.45) is 11.1 Å². The Bertz CT molecular complexity index is 423. The average molecular weight is 267 g/mol. The summed E-state index contributed by atoms with van der Waals surface area (Å²) in [5.74, 6) is 0.639. The Morgan fingerprint density at radius 3 is 2.33 bits per heavy atom. The van der Waals surface area contributed by atoms with E-state index in [1.54, 1.807) is 0 Å². The molecule has 1 aromatic rings. The van der Waals surface area contributed by atoms with Gasteiger partial charge in [0.15, 0.2) is 5.78 Å². The van der Waals surface area contributed by atoms with Crippen molar-refractivity contribution < 1.29 is 9.00 Å². The molecule has 2 atom stereocenters. The second-order valence-corrected chi connectivity index (χ2v) is 6.96. The maximum absolute atomic E-state index is 11.9. The normalized spacial score (nSPS) is 15.1. The van der Waals surface area contributed by atoms with Gasteiger partial charge in [0.05, 0.1) is 6.04 Å². The van der Waals surface area contributed by atoms with E-state index in [4.69, 9.17) is 5.73 Å².